The quantitative estimate of drug-likeness (QED) is 0.635. The van der Waals surface area contributed by atoms with Crippen LogP contribution in [0.2, 0.25) is 0 Å². The molecule has 0 aliphatic carbocycles. The van der Waals surface area contributed by atoms with Crippen LogP contribution >= 0.6 is 0 Å². The average molecular weight is 293 g/mol. The van der Waals surface area contributed by atoms with E-state index in [-0.39, 0.29) is 11.8 Å². The van der Waals surface area contributed by atoms with Gasteiger partial charge >= 0.3 is 6.09 Å². The van der Waals surface area contributed by atoms with Gasteiger partial charge in [-0.05, 0) is 32.4 Å². The van der Waals surface area contributed by atoms with Crippen molar-refractivity contribution < 1.29 is 14.5 Å². The zero-order valence-corrected chi connectivity index (χ0v) is 12.4. The highest BCUT2D eigenvalue weighted by Crippen LogP contribution is 2.26. The summed E-state index contributed by atoms with van der Waals surface area (Å²) in [6, 6.07) is 4.61. The monoisotopic (exact) mass is 293 g/mol. The van der Waals surface area contributed by atoms with E-state index in [0.29, 0.717) is 25.3 Å². The summed E-state index contributed by atoms with van der Waals surface area (Å²) in [5.74, 6) is 0. The van der Waals surface area contributed by atoms with Gasteiger partial charge in [-0.1, -0.05) is 0 Å². The van der Waals surface area contributed by atoms with Gasteiger partial charge in [0.05, 0.1) is 11.5 Å². The maximum atomic E-state index is 12.1. The van der Waals surface area contributed by atoms with Crippen LogP contribution in [0.3, 0.4) is 0 Å². The molecule has 7 nitrogen and oxygen atoms in total. The van der Waals surface area contributed by atoms with Crippen LogP contribution in [0.25, 0.3) is 0 Å². The molecular formula is C14H19N3O4. The summed E-state index contributed by atoms with van der Waals surface area (Å²) in [6.07, 6.45) is -0.379. The molecule has 0 saturated carbocycles. The van der Waals surface area contributed by atoms with Gasteiger partial charge in [0.1, 0.15) is 5.60 Å². The number of ether oxygens (including phenoxy) is 1. The Balaban J connectivity index is 2.18. The molecule has 1 aliphatic heterocycles. The molecule has 1 N–H and O–H groups in total. The van der Waals surface area contributed by atoms with Crippen molar-refractivity contribution in [3.05, 3.63) is 33.9 Å². The highest BCUT2D eigenvalue weighted by Gasteiger charge is 2.25. The van der Waals surface area contributed by atoms with E-state index < -0.39 is 10.5 Å². The Morgan fingerprint density at radius 2 is 2.14 bits per heavy atom. The lowest BCUT2D eigenvalue weighted by atomic mass is 10.1. The number of hydrogen-bond acceptors (Lipinski definition) is 5. The lowest BCUT2D eigenvalue weighted by Gasteiger charge is -2.26. The van der Waals surface area contributed by atoms with Crippen molar-refractivity contribution >= 4 is 17.5 Å². The molecule has 7 heteroatoms. The predicted molar refractivity (Wildman–Crippen MR) is 78.2 cm³/mol. The number of nitro groups is 1. The number of benzene rings is 1. The number of nitro benzene ring substituents is 1. The molecule has 0 radical (unpaired) electrons. The van der Waals surface area contributed by atoms with Crippen LogP contribution in [0.1, 0.15) is 26.3 Å². The van der Waals surface area contributed by atoms with E-state index in [1.54, 1.807) is 11.0 Å². The number of rotatable bonds is 1. The van der Waals surface area contributed by atoms with E-state index >= 15 is 0 Å². The maximum Gasteiger partial charge on any atom is 0.410 e. The molecule has 1 aliphatic rings. The van der Waals surface area contributed by atoms with Gasteiger partial charge < -0.3 is 15.0 Å². The average Bonchev–Trinajstić information content (AvgIpc) is 2.57. The number of fused-ring (bicyclic) bond motifs is 1. The number of non-ortho nitro benzene ring substituents is 1. The van der Waals surface area contributed by atoms with Crippen molar-refractivity contribution in [1.82, 2.24) is 4.90 Å². The number of nitrogens with one attached hydrogen (secondary N) is 1. The molecule has 0 atom stereocenters. The fraction of sp³-hybridized carbons (Fsp3) is 0.500. The minimum Gasteiger partial charge on any atom is -0.444 e. The van der Waals surface area contributed by atoms with Gasteiger partial charge in [-0.25, -0.2) is 4.79 Å². The van der Waals surface area contributed by atoms with Crippen molar-refractivity contribution in [3.63, 3.8) is 0 Å². The number of carbonyl (C=O) groups is 1. The number of amides is 1. The third kappa shape index (κ3) is 3.84. The second kappa shape index (κ2) is 5.59. The van der Waals surface area contributed by atoms with Crippen LogP contribution in [0.15, 0.2) is 18.2 Å². The predicted octanol–water partition coefficient (Wildman–Crippen LogP) is 2.76. The molecule has 1 aromatic rings. The Kier molecular flexibility index (Phi) is 4.02. The molecule has 0 saturated heterocycles. The third-order valence-corrected chi connectivity index (χ3v) is 3.01. The molecule has 1 heterocycles. The molecule has 1 amide bonds. The van der Waals surface area contributed by atoms with Gasteiger partial charge in [0.2, 0.25) is 0 Å². The number of carbonyl (C=O) groups excluding carboxylic acids is 1. The first-order chi connectivity index (χ1) is 9.76. The van der Waals surface area contributed by atoms with Crippen LogP contribution in [0.5, 0.6) is 0 Å². The van der Waals surface area contributed by atoms with E-state index in [0.717, 1.165) is 5.56 Å². The zero-order valence-electron chi connectivity index (χ0n) is 12.4. The normalized spacial score (nSPS) is 14.7. The largest absolute Gasteiger partial charge is 0.444 e. The van der Waals surface area contributed by atoms with Crippen molar-refractivity contribution in [2.75, 3.05) is 18.4 Å². The second-order valence-electron chi connectivity index (χ2n) is 5.93. The summed E-state index contributed by atoms with van der Waals surface area (Å²) in [4.78, 5) is 24.1. The molecule has 0 aromatic heterocycles. The fourth-order valence-electron chi connectivity index (χ4n) is 2.07. The van der Waals surface area contributed by atoms with E-state index in [4.69, 9.17) is 4.74 Å². The highest BCUT2D eigenvalue weighted by atomic mass is 16.6. The zero-order chi connectivity index (χ0) is 15.6. The SMILES string of the molecule is CC(C)(C)OC(=O)N1CCNc2cc([N+](=O)[O-])ccc2C1. The van der Waals surface area contributed by atoms with E-state index in [1.807, 2.05) is 20.8 Å². The first-order valence-electron chi connectivity index (χ1n) is 6.75. The summed E-state index contributed by atoms with van der Waals surface area (Å²) < 4.78 is 5.36. The smallest absolute Gasteiger partial charge is 0.410 e. The molecule has 1 aromatic carbocycles. The first kappa shape index (κ1) is 15.1. The minimum absolute atomic E-state index is 0.0342. The fourth-order valence-corrected chi connectivity index (χ4v) is 2.07. The Bertz CT molecular complexity index is 566. The van der Waals surface area contributed by atoms with Crippen molar-refractivity contribution in [2.45, 2.75) is 32.9 Å². The van der Waals surface area contributed by atoms with E-state index in [1.165, 1.54) is 12.1 Å². The molecule has 21 heavy (non-hydrogen) atoms. The third-order valence-electron chi connectivity index (χ3n) is 3.01. The number of hydrogen-bond donors (Lipinski definition) is 1. The van der Waals surface area contributed by atoms with Gasteiger partial charge in [-0.15, -0.1) is 0 Å². The molecule has 0 spiro atoms. The Hall–Kier alpha value is -2.31. The van der Waals surface area contributed by atoms with Crippen molar-refractivity contribution in [3.8, 4) is 0 Å². The van der Waals surface area contributed by atoms with E-state index in [9.17, 15) is 14.9 Å². The van der Waals surface area contributed by atoms with Crippen LogP contribution in [0.4, 0.5) is 16.2 Å². The Morgan fingerprint density at radius 3 is 2.76 bits per heavy atom. The van der Waals surface area contributed by atoms with Gasteiger partial charge in [0.15, 0.2) is 0 Å². The Morgan fingerprint density at radius 1 is 1.43 bits per heavy atom. The van der Waals surface area contributed by atoms with Gasteiger partial charge in [0, 0.05) is 30.9 Å². The maximum absolute atomic E-state index is 12.1. The minimum atomic E-state index is -0.547. The van der Waals surface area contributed by atoms with Gasteiger partial charge in [0.25, 0.3) is 5.69 Å². The van der Waals surface area contributed by atoms with Crippen LogP contribution < -0.4 is 5.32 Å². The lowest BCUT2D eigenvalue weighted by Crippen LogP contribution is -2.37. The molecule has 2 rings (SSSR count). The van der Waals surface area contributed by atoms with Crippen LogP contribution in [-0.4, -0.2) is 34.6 Å². The van der Waals surface area contributed by atoms with Crippen LogP contribution in [-0.2, 0) is 11.3 Å². The van der Waals surface area contributed by atoms with Crippen LogP contribution in [0, 0.1) is 10.1 Å². The standard InChI is InChI=1S/C14H19N3O4/c1-14(2,3)21-13(18)16-7-6-15-12-8-11(17(19)20)5-4-10(12)9-16/h4-5,8,15H,6-7,9H2,1-3H3. The molecule has 0 bridgehead atoms. The lowest BCUT2D eigenvalue weighted by molar-refractivity contribution is -0.384. The number of nitrogens with zero attached hydrogens (tertiary/aromatic N) is 2. The summed E-state index contributed by atoms with van der Waals surface area (Å²) in [7, 11) is 0. The number of anilines is 1. The summed E-state index contributed by atoms with van der Waals surface area (Å²) in [5, 5.41) is 13.9. The summed E-state index contributed by atoms with van der Waals surface area (Å²) in [6.45, 7) is 6.83. The molecule has 0 fully saturated rings. The Labute approximate surface area is 123 Å². The summed E-state index contributed by atoms with van der Waals surface area (Å²) in [5.41, 5.74) is 1.01. The summed E-state index contributed by atoms with van der Waals surface area (Å²) >= 11 is 0. The van der Waals surface area contributed by atoms with Gasteiger partial charge in [-0.3, -0.25) is 10.1 Å². The molecular weight excluding hydrogens is 274 g/mol. The topological polar surface area (TPSA) is 84.7 Å². The first-order valence-corrected chi connectivity index (χ1v) is 6.75. The van der Waals surface area contributed by atoms with E-state index in [2.05, 4.69) is 5.32 Å². The highest BCUT2D eigenvalue weighted by molar-refractivity contribution is 5.69. The van der Waals surface area contributed by atoms with Crippen molar-refractivity contribution in [1.29, 1.82) is 0 Å². The second-order valence-corrected chi connectivity index (χ2v) is 5.93. The molecule has 114 valence electrons. The van der Waals surface area contributed by atoms with Crippen molar-refractivity contribution in [2.24, 2.45) is 0 Å². The molecule has 0 unspecified atom stereocenters. The van der Waals surface area contributed by atoms with Gasteiger partial charge in [-0.2, -0.15) is 0 Å².